The van der Waals surface area contributed by atoms with Gasteiger partial charge in [-0.15, -0.1) is 10.2 Å². The number of benzene rings is 1. The van der Waals surface area contributed by atoms with Gasteiger partial charge in [0.1, 0.15) is 6.33 Å². The quantitative estimate of drug-likeness (QED) is 0.840. The lowest BCUT2D eigenvalue weighted by molar-refractivity contribution is -0.134. The summed E-state index contributed by atoms with van der Waals surface area (Å²) in [7, 11) is 0. The lowest BCUT2D eigenvalue weighted by Gasteiger charge is -2.35. The van der Waals surface area contributed by atoms with E-state index in [4.69, 9.17) is 0 Å². The number of aryl methyl sites for hydroxylation is 1. The van der Waals surface area contributed by atoms with E-state index in [0.29, 0.717) is 6.42 Å². The van der Waals surface area contributed by atoms with E-state index >= 15 is 0 Å². The highest BCUT2D eigenvalue weighted by molar-refractivity contribution is 5.79. The highest BCUT2D eigenvalue weighted by atomic mass is 16.2. The van der Waals surface area contributed by atoms with Gasteiger partial charge in [-0.25, -0.2) is 0 Å². The van der Waals surface area contributed by atoms with Crippen molar-refractivity contribution in [2.45, 2.75) is 58.0 Å². The Labute approximate surface area is 149 Å². The van der Waals surface area contributed by atoms with E-state index in [1.807, 2.05) is 11.2 Å². The molecule has 5 heteroatoms. The van der Waals surface area contributed by atoms with Crippen molar-refractivity contribution >= 4 is 5.91 Å². The second-order valence-corrected chi connectivity index (χ2v) is 7.55. The zero-order valence-corrected chi connectivity index (χ0v) is 14.9. The van der Waals surface area contributed by atoms with Gasteiger partial charge in [-0.1, -0.05) is 29.8 Å². The van der Waals surface area contributed by atoms with E-state index in [2.05, 4.69) is 46.0 Å². The molecule has 2 heterocycles. The second kappa shape index (κ2) is 6.98. The first-order valence-corrected chi connectivity index (χ1v) is 9.43. The fraction of sp³-hybridized carbons (Fsp3) is 0.550. The largest absolute Gasteiger partial charge is 0.332 e. The first kappa shape index (κ1) is 16.3. The zero-order valence-electron chi connectivity index (χ0n) is 14.9. The van der Waals surface area contributed by atoms with E-state index in [9.17, 15) is 4.79 Å². The molecular weight excluding hydrogens is 312 g/mol. The standard InChI is InChI=1S/C20H26N4O/c1-15-5-7-16(8-6-15)12-19(25)24-11-3-2-4-18(24)20-22-21-14-23(20)13-17-9-10-17/h5-8,14,17-18H,2-4,9-13H2,1H3/t18-/m0/s1. The molecule has 1 amide bonds. The summed E-state index contributed by atoms with van der Waals surface area (Å²) in [6.07, 6.45) is 8.13. The molecule has 2 aliphatic rings. The van der Waals surface area contributed by atoms with Gasteiger partial charge in [-0.05, 0) is 50.5 Å². The smallest absolute Gasteiger partial charge is 0.227 e. The van der Waals surface area contributed by atoms with E-state index < -0.39 is 0 Å². The monoisotopic (exact) mass is 338 g/mol. The topological polar surface area (TPSA) is 51.0 Å². The molecule has 0 spiro atoms. The van der Waals surface area contributed by atoms with Crippen molar-refractivity contribution in [2.24, 2.45) is 5.92 Å². The minimum Gasteiger partial charge on any atom is -0.332 e. The molecule has 1 atom stereocenters. The van der Waals surface area contributed by atoms with Crippen LogP contribution in [0.25, 0.3) is 0 Å². The number of carbonyl (C=O) groups is 1. The Hall–Kier alpha value is -2.17. The van der Waals surface area contributed by atoms with Crippen molar-refractivity contribution in [2.75, 3.05) is 6.54 Å². The van der Waals surface area contributed by atoms with E-state index in [1.165, 1.54) is 18.4 Å². The fourth-order valence-corrected chi connectivity index (χ4v) is 3.72. The summed E-state index contributed by atoms with van der Waals surface area (Å²) in [5.41, 5.74) is 2.31. The maximum absolute atomic E-state index is 13.0. The van der Waals surface area contributed by atoms with Crippen molar-refractivity contribution in [3.63, 3.8) is 0 Å². The highest BCUT2D eigenvalue weighted by Crippen LogP contribution is 2.34. The third kappa shape index (κ3) is 3.75. The maximum Gasteiger partial charge on any atom is 0.227 e. The normalized spacial score (nSPS) is 20.7. The van der Waals surface area contributed by atoms with Crippen molar-refractivity contribution in [1.82, 2.24) is 19.7 Å². The van der Waals surface area contributed by atoms with Crippen LogP contribution in [0, 0.1) is 12.8 Å². The lowest BCUT2D eigenvalue weighted by atomic mass is 9.99. The minimum atomic E-state index is 0.0768. The van der Waals surface area contributed by atoms with E-state index in [-0.39, 0.29) is 11.9 Å². The van der Waals surface area contributed by atoms with Gasteiger partial charge in [0.05, 0.1) is 12.5 Å². The van der Waals surface area contributed by atoms with Crippen LogP contribution in [0.15, 0.2) is 30.6 Å². The molecule has 1 aliphatic heterocycles. The van der Waals surface area contributed by atoms with Gasteiger partial charge in [0.25, 0.3) is 0 Å². The molecule has 4 rings (SSSR count). The summed E-state index contributed by atoms with van der Waals surface area (Å²) < 4.78 is 2.18. The van der Waals surface area contributed by atoms with Crippen LogP contribution in [0.5, 0.6) is 0 Å². The third-order valence-electron chi connectivity index (χ3n) is 5.39. The predicted molar refractivity (Wildman–Crippen MR) is 95.9 cm³/mol. The van der Waals surface area contributed by atoms with Gasteiger partial charge in [-0.3, -0.25) is 4.79 Å². The molecule has 132 valence electrons. The van der Waals surface area contributed by atoms with Crippen LogP contribution < -0.4 is 0 Å². The molecule has 1 aromatic heterocycles. The summed E-state index contributed by atoms with van der Waals surface area (Å²) in [6.45, 7) is 3.89. The van der Waals surface area contributed by atoms with E-state index in [0.717, 1.165) is 49.7 Å². The van der Waals surface area contributed by atoms with Gasteiger partial charge >= 0.3 is 0 Å². The highest BCUT2D eigenvalue weighted by Gasteiger charge is 2.32. The molecule has 1 aromatic carbocycles. The number of carbonyl (C=O) groups excluding carboxylic acids is 1. The summed E-state index contributed by atoms with van der Waals surface area (Å²) in [5, 5.41) is 8.53. The molecule has 0 bridgehead atoms. The summed E-state index contributed by atoms with van der Waals surface area (Å²) in [5.74, 6) is 1.95. The molecule has 1 aliphatic carbocycles. The summed E-state index contributed by atoms with van der Waals surface area (Å²) in [6, 6.07) is 8.34. The van der Waals surface area contributed by atoms with Crippen LogP contribution >= 0.6 is 0 Å². The number of amides is 1. The van der Waals surface area contributed by atoms with E-state index in [1.54, 1.807) is 0 Å². The Balaban J connectivity index is 1.51. The molecule has 0 N–H and O–H groups in total. The van der Waals surface area contributed by atoms with Crippen molar-refractivity contribution in [1.29, 1.82) is 0 Å². The maximum atomic E-state index is 13.0. The molecule has 25 heavy (non-hydrogen) atoms. The van der Waals surface area contributed by atoms with Crippen LogP contribution in [0.1, 0.15) is 55.1 Å². The number of nitrogens with zero attached hydrogens (tertiary/aromatic N) is 4. The van der Waals surface area contributed by atoms with Crippen LogP contribution in [0.4, 0.5) is 0 Å². The Morgan fingerprint density at radius 3 is 2.72 bits per heavy atom. The Morgan fingerprint density at radius 2 is 1.96 bits per heavy atom. The number of likely N-dealkylation sites (tertiary alicyclic amines) is 1. The summed E-state index contributed by atoms with van der Waals surface area (Å²) in [4.78, 5) is 15.0. The minimum absolute atomic E-state index is 0.0768. The Kier molecular flexibility index (Phi) is 4.55. The number of hydrogen-bond acceptors (Lipinski definition) is 3. The number of hydrogen-bond donors (Lipinski definition) is 0. The Morgan fingerprint density at radius 1 is 1.16 bits per heavy atom. The van der Waals surface area contributed by atoms with Gasteiger partial charge in [0.15, 0.2) is 5.82 Å². The second-order valence-electron chi connectivity index (χ2n) is 7.55. The zero-order chi connectivity index (χ0) is 17.2. The van der Waals surface area contributed by atoms with Crippen LogP contribution in [0.2, 0.25) is 0 Å². The summed E-state index contributed by atoms with van der Waals surface area (Å²) >= 11 is 0. The van der Waals surface area contributed by atoms with Crippen LogP contribution in [-0.4, -0.2) is 32.1 Å². The SMILES string of the molecule is Cc1ccc(CC(=O)N2CCCC[C@H]2c2nncn2CC2CC2)cc1. The van der Waals surface area contributed by atoms with Gasteiger partial charge < -0.3 is 9.47 Å². The third-order valence-corrected chi connectivity index (χ3v) is 5.39. The van der Waals surface area contributed by atoms with Crippen molar-refractivity contribution in [3.8, 4) is 0 Å². The average Bonchev–Trinajstić information content (AvgIpc) is 3.32. The molecule has 5 nitrogen and oxygen atoms in total. The molecular formula is C20H26N4O. The van der Waals surface area contributed by atoms with Crippen LogP contribution in [0.3, 0.4) is 0 Å². The van der Waals surface area contributed by atoms with Gasteiger partial charge in [0, 0.05) is 13.1 Å². The van der Waals surface area contributed by atoms with Gasteiger partial charge in [0.2, 0.25) is 5.91 Å². The molecule has 2 aromatic rings. The van der Waals surface area contributed by atoms with Gasteiger partial charge in [-0.2, -0.15) is 0 Å². The molecule has 0 radical (unpaired) electrons. The number of piperidine rings is 1. The first-order chi connectivity index (χ1) is 12.2. The fourth-order valence-electron chi connectivity index (χ4n) is 3.72. The van der Waals surface area contributed by atoms with Crippen LogP contribution in [-0.2, 0) is 17.8 Å². The number of rotatable bonds is 5. The predicted octanol–water partition coefficient (Wildman–Crippen LogP) is 3.29. The number of aromatic nitrogens is 3. The molecule has 1 saturated heterocycles. The molecule has 1 saturated carbocycles. The molecule has 0 unspecified atom stereocenters. The Bertz CT molecular complexity index is 732. The average molecular weight is 338 g/mol. The van der Waals surface area contributed by atoms with Crippen molar-refractivity contribution < 1.29 is 4.79 Å². The lowest BCUT2D eigenvalue weighted by Crippen LogP contribution is -2.40. The first-order valence-electron chi connectivity index (χ1n) is 9.43. The molecule has 2 fully saturated rings. The van der Waals surface area contributed by atoms with Crippen molar-refractivity contribution in [3.05, 3.63) is 47.5 Å².